The van der Waals surface area contributed by atoms with Crippen molar-refractivity contribution in [3.63, 3.8) is 0 Å². The van der Waals surface area contributed by atoms with Crippen LogP contribution in [0, 0.1) is 0 Å². The predicted octanol–water partition coefficient (Wildman–Crippen LogP) is 15.7. The predicted molar refractivity (Wildman–Crippen MR) is 245 cm³/mol. The van der Waals surface area contributed by atoms with Gasteiger partial charge in [-0.25, -0.2) is 0 Å². The van der Waals surface area contributed by atoms with Crippen LogP contribution < -0.4 is 4.90 Å². The van der Waals surface area contributed by atoms with E-state index in [0.717, 1.165) is 17.1 Å². The standard InChI is InChI=1S/C56H55N/c1-53(2,3)39-25-29-46-49(33-39)56(9,10)51-34-40(54(4,5)6)32-47(52(46)51)38-19-16-20-42(31-38)57(41-26-23-37(24-27-41)36-17-12-11-13-18-36)43-28-30-45-44-21-14-15-22-48(44)55(7,8)50(45)35-43/h11-35H,1-10H3. The van der Waals surface area contributed by atoms with E-state index in [1.807, 2.05) is 0 Å². The molecular formula is C56H55N. The van der Waals surface area contributed by atoms with Gasteiger partial charge in [-0.3, -0.25) is 0 Å². The van der Waals surface area contributed by atoms with E-state index >= 15 is 0 Å². The molecule has 7 aromatic rings. The zero-order chi connectivity index (χ0) is 40.1. The van der Waals surface area contributed by atoms with Gasteiger partial charge in [0.05, 0.1) is 0 Å². The zero-order valence-electron chi connectivity index (χ0n) is 35.4. The maximum Gasteiger partial charge on any atom is 0.0467 e. The summed E-state index contributed by atoms with van der Waals surface area (Å²) in [4.78, 5) is 2.46. The average Bonchev–Trinajstić information content (AvgIpc) is 3.57. The number of fused-ring (bicyclic) bond motifs is 6. The highest BCUT2D eigenvalue weighted by molar-refractivity contribution is 5.95. The molecule has 0 heterocycles. The smallest absolute Gasteiger partial charge is 0.0467 e. The molecule has 0 spiro atoms. The van der Waals surface area contributed by atoms with Crippen LogP contribution in [-0.2, 0) is 21.7 Å². The first-order valence-corrected chi connectivity index (χ1v) is 20.7. The fourth-order valence-corrected chi connectivity index (χ4v) is 9.50. The van der Waals surface area contributed by atoms with Crippen LogP contribution >= 0.6 is 0 Å². The summed E-state index contributed by atoms with van der Waals surface area (Å²) in [5.74, 6) is 0. The van der Waals surface area contributed by atoms with E-state index < -0.39 is 0 Å². The van der Waals surface area contributed by atoms with Gasteiger partial charge >= 0.3 is 0 Å². The first-order valence-electron chi connectivity index (χ1n) is 20.7. The highest BCUT2D eigenvalue weighted by Crippen LogP contribution is 2.55. The second-order valence-corrected chi connectivity index (χ2v) is 19.5. The van der Waals surface area contributed by atoms with E-state index in [1.165, 1.54) is 77.9 Å². The third kappa shape index (κ3) is 6.06. The molecular weight excluding hydrogens is 687 g/mol. The molecule has 0 amide bonds. The third-order valence-corrected chi connectivity index (χ3v) is 13.0. The van der Waals surface area contributed by atoms with Gasteiger partial charge in [0.2, 0.25) is 0 Å². The molecule has 0 aliphatic heterocycles. The van der Waals surface area contributed by atoms with Crippen LogP contribution in [0.2, 0.25) is 0 Å². The van der Waals surface area contributed by atoms with Gasteiger partial charge in [0, 0.05) is 27.9 Å². The molecule has 57 heavy (non-hydrogen) atoms. The minimum Gasteiger partial charge on any atom is -0.310 e. The number of nitrogens with zero attached hydrogens (tertiary/aromatic N) is 1. The molecule has 0 bridgehead atoms. The molecule has 0 aromatic heterocycles. The first-order chi connectivity index (χ1) is 27.0. The highest BCUT2D eigenvalue weighted by Gasteiger charge is 2.40. The van der Waals surface area contributed by atoms with E-state index in [4.69, 9.17) is 0 Å². The van der Waals surface area contributed by atoms with Crippen LogP contribution in [0.4, 0.5) is 17.1 Å². The molecule has 0 radical (unpaired) electrons. The Balaban J connectivity index is 1.24. The van der Waals surface area contributed by atoms with Gasteiger partial charge in [-0.2, -0.15) is 0 Å². The summed E-state index contributed by atoms with van der Waals surface area (Å²) in [5, 5.41) is 0. The molecule has 0 saturated carbocycles. The van der Waals surface area contributed by atoms with Crippen molar-refractivity contribution in [3.05, 3.63) is 185 Å². The van der Waals surface area contributed by atoms with Crippen molar-refractivity contribution < 1.29 is 0 Å². The Morgan fingerprint density at radius 1 is 0.351 bits per heavy atom. The van der Waals surface area contributed by atoms with Gasteiger partial charge in [-0.05, 0) is 131 Å². The van der Waals surface area contributed by atoms with Gasteiger partial charge < -0.3 is 4.90 Å². The summed E-state index contributed by atoms with van der Waals surface area (Å²) in [6.45, 7) is 23.6. The van der Waals surface area contributed by atoms with Crippen LogP contribution in [-0.4, -0.2) is 0 Å². The van der Waals surface area contributed by atoms with Gasteiger partial charge in [-0.15, -0.1) is 0 Å². The fourth-order valence-electron chi connectivity index (χ4n) is 9.50. The van der Waals surface area contributed by atoms with Crippen LogP contribution in [0.15, 0.2) is 152 Å². The highest BCUT2D eigenvalue weighted by atomic mass is 15.1. The molecule has 0 saturated heterocycles. The second-order valence-electron chi connectivity index (χ2n) is 19.5. The van der Waals surface area contributed by atoms with E-state index in [0.29, 0.717) is 0 Å². The molecule has 1 heteroatoms. The van der Waals surface area contributed by atoms with Gasteiger partial charge in [-0.1, -0.05) is 178 Å². The molecule has 0 fully saturated rings. The molecule has 1 nitrogen and oxygen atoms in total. The summed E-state index contributed by atoms with van der Waals surface area (Å²) in [7, 11) is 0. The lowest BCUT2D eigenvalue weighted by molar-refractivity contribution is 0.580. The van der Waals surface area contributed by atoms with Crippen LogP contribution in [0.5, 0.6) is 0 Å². The lowest BCUT2D eigenvalue weighted by Crippen LogP contribution is -2.19. The maximum absolute atomic E-state index is 2.50. The van der Waals surface area contributed by atoms with Crippen molar-refractivity contribution in [1.29, 1.82) is 0 Å². The Labute approximate surface area is 341 Å². The topological polar surface area (TPSA) is 3.24 Å². The quantitative estimate of drug-likeness (QED) is 0.170. The summed E-state index contributed by atoms with van der Waals surface area (Å²) < 4.78 is 0. The average molecular weight is 742 g/mol. The third-order valence-electron chi connectivity index (χ3n) is 13.0. The number of benzene rings is 7. The van der Waals surface area contributed by atoms with Crippen LogP contribution in [0.1, 0.15) is 103 Å². The second kappa shape index (κ2) is 12.9. The van der Waals surface area contributed by atoms with Gasteiger partial charge in [0.1, 0.15) is 0 Å². The molecule has 2 aliphatic carbocycles. The minimum absolute atomic E-state index is 0.00977. The van der Waals surface area contributed by atoms with Crippen molar-refractivity contribution in [2.45, 2.75) is 90.9 Å². The summed E-state index contributed by atoms with van der Waals surface area (Å²) in [5.41, 5.74) is 22.0. The first kappa shape index (κ1) is 36.9. The van der Waals surface area contributed by atoms with E-state index in [1.54, 1.807) is 0 Å². The Morgan fingerprint density at radius 2 is 0.895 bits per heavy atom. The molecule has 0 unspecified atom stereocenters. The normalized spacial score (nSPS) is 14.8. The maximum atomic E-state index is 2.50. The number of rotatable bonds is 5. The molecule has 0 N–H and O–H groups in total. The Morgan fingerprint density at radius 3 is 1.61 bits per heavy atom. The Kier molecular flexibility index (Phi) is 8.38. The molecule has 284 valence electrons. The minimum atomic E-state index is -0.124. The Hall–Kier alpha value is -5.66. The molecule has 7 aromatic carbocycles. The number of anilines is 3. The van der Waals surface area contributed by atoms with Crippen LogP contribution in [0.3, 0.4) is 0 Å². The van der Waals surface area contributed by atoms with Crippen molar-refractivity contribution in [2.24, 2.45) is 0 Å². The summed E-state index contributed by atoms with van der Waals surface area (Å²) in [6.07, 6.45) is 0. The van der Waals surface area contributed by atoms with E-state index in [9.17, 15) is 0 Å². The van der Waals surface area contributed by atoms with Gasteiger partial charge in [0.25, 0.3) is 0 Å². The van der Waals surface area contributed by atoms with Crippen molar-refractivity contribution in [1.82, 2.24) is 0 Å². The van der Waals surface area contributed by atoms with Crippen LogP contribution in [0.25, 0.3) is 44.5 Å². The monoisotopic (exact) mass is 741 g/mol. The van der Waals surface area contributed by atoms with Crippen molar-refractivity contribution in [2.75, 3.05) is 4.90 Å². The molecule has 2 aliphatic rings. The summed E-state index contributed by atoms with van der Waals surface area (Å²) >= 11 is 0. The van der Waals surface area contributed by atoms with E-state index in [2.05, 4.69) is 226 Å². The van der Waals surface area contributed by atoms with Gasteiger partial charge in [0.15, 0.2) is 0 Å². The lowest BCUT2D eigenvalue weighted by Gasteiger charge is -2.29. The lowest BCUT2D eigenvalue weighted by atomic mass is 9.76. The Bertz CT molecular complexity index is 2680. The SMILES string of the molecule is CC(C)(C)c1ccc2c(c1)C(C)(C)c1cc(C(C)(C)C)cc(-c3cccc(N(c4ccc(-c5ccccc5)cc4)c4ccc5c(c4)C(C)(C)c4ccccc4-5)c3)c1-2. The fraction of sp³-hybridized carbons (Fsp3) is 0.250. The molecule has 9 rings (SSSR count). The zero-order valence-corrected chi connectivity index (χ0v) is 35.4. The summed E-state index contributed by atoms with van der Waals surface area (Å²) in [6, 6.07) is 57.3. The number of hydrogen-bond acceptors (Lipinski definition) is 1. The van der Waals surface area contributed by atoms with Crippen molar-refractivity contribution in [3.8, 4) is 44.5 Å². The van der Waals surface area contributed by atoms with E-state index in [-0.39, 0.29) is 21.7 Å². The van der Waals surface area contributed by atoms with Crippen molar-refractivity contribution >= 4 is 17.1 Å². The largest absolute Gasteiger partial charge is 0.310 e. The molecule has 0 atom stereocenters. The number of hydrogen-bond donors (Lipinski definition) is 0.